The van der Waals surface area contributed by atoms with E-state index < -0.39 is 18.0 Å². The Morgan fingerprint density at radius 2 is 2.23 bits per heavy atom. The first-order chi connectivity index (χ1) is 10.5. The maximum absolute atomic E-state index is 13.5. The Hall–Kier alpha value is -1.62. The number of urea groups is 1. The predicted octanol–water partition coefficient (Wildman–Crippen LogP) is 3.06. The molecule has 2 unspecified atom stereocenters. The molecule has 2 rings (SSSR count). The molecule has 122 valence electrons. The van der Waals surface area contributed by atoms with E-state index in [2.05, 4.69) is 11.9 Å². The predicted molar refractivity (Wildman–Crippen MR) is 85.1 cm³/mol. The normalized spacial score (nSPS) is 29.6. The van der Waals surface area contributed by atoms with E-state index in [9.17, 15) is 14.3 Å². The fraction of sp³-hybridized carbons (Fsp3) is 0.588. The second-order valence-corrected chi connectivity index (χ2v) is 6.01. The summed E-state index contributed by atoms with van der Waals surface area (Å²) in [5.41, 5.74) is 0.280. The molecule has 2 amide bonds. The van der Waals surface area contributed by atoms with Crippen LogP contribution in [0.3, 0.4) is 0 Å². The molecule has 1 fully saturated rings. The van der Waals surface area contributed by atoms with Crippen LogP contribution in [0.2, 0.25) is 0 Å². The average Bonchev–Trinajstić information content (AvgIpc) is 3.30. The fourth-order valence-corrected chi connectivity index (χ4v) is 2.67. The van der Waals surface area contributed by atoms with Crippen LogP contribution >= 0.6 is 0 Å². The minimum Gasteiger partial charge on any atom is -0.386 e. The van der Waals surface area contributed by atoms with Gasteiger partial charge in [0, 0.05) is 12.6 Å². The molecule has 5 heteroatoms. The van der Waals surface area contributed by atoms with Crippen molar-refractivity contribution in [3.63, 3.8) is 0 Å². The summed E-state index contributed by atoms with van der Waals surface area (Å²) in [5, 5.41) is 13.2. The molecule has 0 bridgehead atoms. The van der Waals surface area contributed by atoms with Crippen molar-refractivity contribution in [3.05, 3.63) is 36.2 Å². The van der Waals surface area contributed by atoms with Crippen LogP contribution in [0.5, 0.6) is 0 Å². The monoisotopic (exact) mass is 308 g/mol. The lowest BCUT2D eigenvalue weighted by molar-refractivity contribution is 0.145. The van der Waals surface area contributed by atoms with Crippen LogP contribution in [0.4, 0.5) is 9.18 Å². The van der Waals surface area contributed by atoms with Crippen LogP contribution in [-0.2, 0) is 0 Å². The van der Waals surface area contributed by atoms with E-state index in [4.69, 9.17) is 0 Å². The molecule has 0 aromatic heterocycles. The maximum atomic E-state index is 13.5. The van der Waals surface area contributed by atoms with Crippen molar-refractivity contribution in [2.75, 3.05) is 6.54 Å². The van der Waals surface area contributed by atoms with Crippen molar-refractivity contribution in [2.24, 2.45) is 0 Å². The summed E-state index contributed by atoms with van der Waals surface area (Å²) in [4.78, 5) is 14.3. The van der Waals surface area contributed by atoms with Gasteiger partial charge < -0.3 is 15.3 Å². The van der Waals surface area contributed by atoms with E-state index in [0.717, 1.165) is 19.3 Å². The van der Waals surface area contributed by atoms with Gasteiger partial charge in [0.2, 0.25) is 0 Å². The van der Waals surface area contributed by atoms with Crippen molar-refractivity contribution in [1.29, 1.82) is 0 Å². The first-order valence-corrected chi connectivity index (χ1v) is 8.00. The maximum Gasteiger partial charge on any atom is 0.317 e. The largest absolute Gasteiger partial charge is 0.386 e. The second-order valence-electron chi connectivity index (χ2n) is 6.01. The number of amides is 2. The topological polar surface area (TPSA) is 52.6 Å². The van der Waals surface area contributed by atoms with Crippen LogP contribution in [0.15, 0.2) is 36.2 Å². The highest BCUT2D eigenvalue weighted by Crippen LogP contribution is 2.27. The SMILES string of the molecule is C=C1/C=C(F)\C=C/CCC(NC(=O)N(CCC)C2CC2)C1O. The standard InChI is InChI=1S/C17H25FN2O2/c1-3-10-20(14-8-9-14)17(22)19-15-7-5-4-6-13(18)11-12(2)16(15)21/h4,6,11,14-16,21H,2-3,5,7-10H2,1H3,(H,19,22)/b6-4-,13-11+. The summed E-state index contributed by atoms with van der Waals surface area (Å²) in [5.74, 6) is -0.429. The quantitative estimate of drug-likeness (QED) is 0.838. The Labute approximate surface area is 131 Å². The first-order valence-electron chi connectivity index (χ1n) is 8.00. The van der Waals surface area contributed by atoms with E-state index in [1.54, 1.807) is 6.08 Å². The van der Waals surface area contributed by atoms with Crippen LogP contribution in [-0.4, -0.2) is 40.8 Å². The summed E-state index contributed by atoms with van der Waals surface area (Å²) in [7, 11) is 0. The zero-order valence-electron chi connectivity index (χ0n) is 13.1. The molecule has 2 N–H and O–H groups in total. The first kappa shape index (κ1) is 16.7. The van der Waals surface area contributed by atoms with Gasteiger partial charge >= 0.3 is 6.03 Å². The molecule has 0 aliphatic heterocycles. The number of hydrogen-bond acceptors (Lipinski definition) is 2. The van der Waals surface area contributed by atoms with E-state index in [0.29, 0.717) is 25.4 Å². The summed E-state index contributed by atoms with van der Waals surface area (Å²) in [6.07, 6.45) is 7.46. The molecule has 2 aliphatic rings. The minimum absolute atomic E-state index is 0.145. The summed E-state index contributed by atoms with van der Waals surface area (Å²) in [6, 6.07) is -0.271. The molecule has 0 aromatic carbocycles. The number of carbonyl (C=O) groups is 1. The molecule has 0 aromatic rings. The van der Waals surface area contributed by atoms with Crippen molar-refractivity contribution >= 4 is 6.03 Å². The second kappa shape index (κ2) is 7.58. The lowest BCUT2D eigenvalue weighted by atomic mass is 10.00. The molecule has 0 saturated heterocycles. The number of hydrogen-bond donors (Lipinski definition) is 2. The minimum atomic E-state index is -0.975. The number of halogens is 1. The van der Waals surface area contributed by atoms with Gasteiger partial charge in [0.05, 0.1) is 12.1 Å². The highest BCUT2D eigenvalue weighted by molar-refractivity contribution is 5.75. The third-order valence-corrected chi connectivity index (χ3v) is 4.03. The molecule has 0 heterocycles. The zero-order valence-corrected chi connectivity index (χ0v) is 13.1. The summed E-state index contributed by atoms with van der Waals surface area (Å²) in [6.45, 7) is 6.47. The number of allylic oxidation sites excluding steroid dienone is 3. The zero-order chi connectivity index (χ0) is 16.1. The van der Waals surface area contributed by atoms with Crippen molar-refractivity contribution in [1.82, 2.24) is 10.2 Å². The van der Waals surface area contributed by atoms with Crippen molar-refractivity contribution < 1.29 is 14.3 Å². The Morgan fingerprint density at radius 3 is 2.86 bits per heavy atom. The molecule has 0 spiro atoms. The van der Waals surface area contributed by atoms with Gasteiger partial charge in [0.25, 0.3) is 0 Å². The van der Waals surface area contributed by atoms with Gasteiger partial charge in [-0.25, -0.2) is 9.18 Å². The van der Waals surface area contributed by atoms with Crippen molar-refractivity contribution in [2.45, 2.75) is 57.2 Å². The van der Waals surface area contributed by atoms with Crippen LogP contribution in [0.1, 0.15) is 39.0 Å². The molecule has 4 nitrogen and oxygen atoms in total. The fourth-order valence-electron chi connectivity index (χ4n) is 2.67. The van der Waals surface area contributed by atoms with E-state index in [1.807, 2.05) is 11.8 Å². The molecule has 2 atom stereocenters. The smallest absolute Gasteiger partial charge is 0.317 e. The highest BCUT2D eigenvalue weighted by Gasteiger charge is 2.33. The highest BCUT2D eigenvalue weighted by atomic mass is 19.1. The lowest BCUT2D eigenvalue weighted by Crippen LogP contribution is -2.50. The third-order valence-electron chi connectivity index (χ3n) is 4.03. The van der Waals surface area contributed by atoms with Gasteiger partial charge in [0.1, 0.15) is 5.83 Å². The Kier molecular flexibility index (Phi) is 5.77. The molecule has 0 radical (unpaired) electrons. The number of nitrogens with one attached hydrogen (secondary N) is 1. The molecule has 2 aliphatic carbocycles. The number of rotatable bonds is 4. The van der Waals surface area contributed by atoms with E-state index >= 15 is 0 Å². The molecule has 1 saturated carbocycles. The van der Waals surface area contributed by atoms with Gasteiger partial charge in [-0.1, -0.05) is 19.6 Å². The summed E-state index contributed by atoms with van der Waals surface area (Å²) >= 11 is 0. The van der Waals surface area contributed by atoms with Crippen LogP contribution < -0.4 is 5.32 Å². The van der Waals surface area contributed by atoms with Crippen molar-refractivity contribution in [3.8, 4) is 0 Å². The molecular formula is C17H25FN2O2. The van der Waals surface area contributed by atoms with E-state index in [-0.39, 0.29) is 11.6 Å². The lowest BCUT2D eigenvalue weighted by Gasteiger charge is -2.29. The van der Waals surface area contributed by atoms with E-state index in [1.165, 1.54) is 12.2 Å². The van der Waals surface area contributed by atoms with Crippen LogP contribution in [0.25, 0.3) is 0 Å². The van der Waals surface area contributed by atoms with Gasteiger partial charge in [-0.05, 0) is 49.8 Å². The van der Waals surface area contributed by atoms with Gasteiger partial charge in [0.15, 0.2) is 0 Å². The summed E-state index contributed by atoms with van der Waals surface area (Å²) < 4.78 is 13.5. The number of aliphatic hydroxyl groups is 1. The Morgan fingerprint density at radius 1 is 1.50 bits per heavy atom. The Balaban J connectivity index is 2.04. The van der Waals surface area contributed by atoms with Gasteiger partial charge in [-0.3, -0.25) is 0 Å². The number of aliphatic hydroxyl groups excluding tert-OH is 1. The number of nitrogens with zero attached hydrogens (tertiary/aromatic N) is 1. The van der Waals surface area contributed by atoms with Gasteiger partial charge in [-0.15, -0.1) is 0 Å². The van der Waals surface area contributed by atoms with Crippen LogP contribution in [0, 0.1) is 0 Å². The average molecular weight is 308 g/mol. The number of carbonyl (C=O) groups excluding carboxylic acids is 1. The van der Waals surface area contributed by atoms with Gasteiger partial charge in [-0.2, -0.15) is 0 Å². The molecule has 22 heavy (non-hydrogen) atoms. The molecular weight excluding hydrogens is 283 g/mol. The third kappa shape index (κ3) is 4.44. The Bertz CT molecular complexity index is 483.